The molecule has 0 fully saturated rings. The molecule has 1 aliphatic heterocycles. The smallest absolute Gasteiger partial charge is 0.408 e. The molecule has 1 amide bonds. The van der Waals surface area contributed by atoms with Gasteiger partial charge in [-0.1, -0.05) is 6.07 Å². The number of carbonyl (C=O) groups excluding carboxylic acids is 2. The monoisotopic (exact) mass is 481 g/mol. The molecular weight excluding hydrogens is 454 g/mol. The number of benzene rings is 2. The van der Waals surface area contributed by atoms with Crippen LogP contribution in [0.2, 0.25) is 0 Å². The zero-order valence-corrected chi connectivity index (χ0v) is 20.2. The Morgan fingerprint density at radius 1 is 1.03 bits per heavy atom. The predicted octanol–water partition coefficient (Wildman–Crippen LogP) is 4.36. The molecule has 0 saturated heterocycles. The lowest BCUT2D eigenvalue weighted by Gasteiger charge is -2.21. The highest BCUT2D eigenvalue weighted by molar-refractivity contribution is 5.86. The maximum Gasteiger partial charge on any atom is 0.408 e. The summed E-state index contributed by atoms with van der Waals surface area (Å²) < 4.78 is 27.6. The summed E-state index contributed by atoms with van der Waals surface area (Å²) >= 11 is 0. The summed E-state index contributed by atoms with van der Waals surface area (Å²) in [5.41, 5.74) is 0.416. The van der Waals surface area contributed by atoms with Crippen LogP contribution >= 0.6 is 0 Å². The highest BCUT2D eigenvalue weighted by Crippen LogP contribution is 2.35. The van der Waals surface area contributed by atoms with Crippen molar-refractivity contribution < 1.29 is 33.0 Å². The largest absolute Gasteiger partial charge is 0.486 e. The van der Waals surface area contributed by atoms with Crippen LogP contribution in [-0.2, 0) is 9.53 Å². The Bertz CT molecular complexity index is 1350. The zero-order valence-electron chi connectivity index (χ0n) is 20.2. The van der Waals surface area contributed by atoms with Gasteiger partial charge < -0.3 is 28.7 Å². The first-order chi connectivity index (χ1) is 16.5. The van der Waals surface area contributed by atoms with Gasteiger partial charge in [0, 0.05) is 6.07 Å². The van der Waals surface area contributed by atoms with E-state index in [-0.39, 0.29) is 16.8 Å². The van der Waals surface area contributed by atoms with Gasteiger partial charge >= 0.3 is 12.1 Å². The molecule has 9 heteroatoms. The Kier molecular flexibility index (Phi) is 6.43. The zero-order chi connectivity index (χ0) is 25.3. The predicted molar refractivity (Wildman–Crippen MR) is 128 cm³/mol. The van der Waals surface area contributed by atoms with E-state index in [1.54, 1.807) is 45.9 Å². The Hall–Kier alpha value is -4.01. The van der Waals surface area contributed by atoms with Crippen molar-refractivity contribution in [2.45, 2.75) is 46.3 Å². The molecule has 3 aromatic rings. The molecule has 1 atom stereocenters. The van der Waals surface area contributed by atoms with E-state index in [2.05, 4.69) is 5.32 Å². The summed E-state index contributed by atoms with van der Waals surface area (Å²) in [5, 5.41) is 2.76. The van der Waals surface area contributed by atoms with E-state index in [9.17, 15) is 14.4 Å². The van der Waals surface area contributed by atoms with E-state index >= 15 is 0 Å². The molecule has 2 heterocycles. The van der Waals surface area contributed by atoms with Gasteiger partial charge in [-0.3, -0.25) is 4.79 Å². The van der Waals surface area contributed by atoms with Gasteiger partial charge in [0.05, 0.1) is 10.9 Å². The van der Waals surface area contributed by atoms with Crippen molar-refractivity contribution in [3.05, 3.63) is 52.4 Å². The number of amides is 1. The van der Waals surface area contributed by atoms with E-state index < -0.39 is 23.7 Å². The van der Waals surface area contributed by atoms with Crippen molar-refractivity contribution >= 4 is 23.0 Å². The maximum atomic E-state index is 13.3. The quantitative estimate of drug-likeness (QED) is 0.432. The lowest BCUT2D eigenvalue weighted by Crippen LogP contribution is -2.43. The SMILES string of the molecule is Cc1oc2cc(OC(=O)C(C)NC(=O)OC(C)(C)C)ccc2c(=O)c1-c1ccc2c(c1)OCCO2. The number of hydrogen-bond acceptors (Lipinski definition) is 8. The minimum absolute atomic E-state index is 0.176. The lowest BCUT2D eigenvalue weighted by molar-refractivity contribution is -0.136. The average molecular weight is 482 g/mol. The molecule has 35 heavy (non-hydrogen) atoms. The van der Waals surface area contributed by atoms with Crippen molar-refractivity contribution in [1.82, 2.24) is 5.32 Å². The molecule has 2 aromatic carbocycles. The first-order valence-electron chi connectivity index (χ1n) is 11.2. The number of carbonyl (C=O) groups is 2. The number of aryl methyl sites for hydroxylation is 1. The van der Waals surface area contributed by atoms with E-state index in [1.807, 2.05) is 0 Å². The summed E-state index contributed by atoms with van der Waals surface area (Å²) in [6, 6.07) is 8.86. The number of alkyl carbamates (subject to hydrolysis) is 1. The third-order valence-corrected chi connectivity index (χ3v) is 5.18. The number of hydrogen-bond donors (Lipinski definition) is 1. The Labute approximate surface area is 201 Å². The minimum Gasteiger partial charge on any atom is -0.486 e. The fourth-order valence-corrected chi connectivity index (χ4v) is 3.63. The fourth-order valence-electron chi connectivity index (χ4n) is 3.63. The number of ether oxygens (including phenoxy) is 4. The third kappa shape index (κ3) is 5.40. The van der Waals surface area contributed by atoms with Crippen molar-refractivity contribution in [3.8, 4) is 28.4 Å². The van der Waals surface area contributed by atoms with Crippen molar-refractivity contribution in [1.29, 1.82) is 0 Å². The topological polar surface area (TPSA) is 113 Å². The van der Waals surface area contributed by atoms with Crippen LogP contribution in [0, 0.1) is 6.92 Å². The molecule has 1 unspecified atom stereocenters. The van der Waals surface area contributed by atoms with Gasteiger partial charge in [0.25, 0.3) is 0 Å². The van der Waals surface area contributed by atoms with Crippen LogP contribution in [0.3, 0.4) is 0 Å². The molecule has 9 nitrogen and oxygen atoms in total. The number of nitrogens with one attached hydrogen (secondary N) is 1. The van der Waals surface area contributed by atoms with Crippen LogP contribution in [0.15, 0.2) is 45.6 Å². The number of fused-ring (bicyclic) bond motifs is 2. The average Bonchev–Trinajstić information content (AvgIpc) is 2.77. The molecule has 1 aromatic heterocycles. The van der Waals surface area contributed by atoms with Crippen LogP contribution in [0.4, 0.5) is 4.79 Å². The molecule has 1 aliphatic rings. The van der Waals surface area contributed by atoms with Gasteiger partial charge in [0.2, 0.25) is 5.43 Å². The highest BCUT2D eigenvalue weighted by Gasteiger charge is 2.23. The molecule has 1 N–H and O–H groups in total. The summed E-state index contributed by atoms with van der Waals surface area (Å²) in [7, 11) is 0. The van der Waals surface area contributed by atoms with Gasteiger partial charge in [0.15, 0.2) is 11.5 Å². The first-order valence-corrected chi connectivity index (χ1v) is 11.2. The second-order valence-electron chi connectivity index (χ2n) is 9.17. The van der Waals surface area contributed by atoms with Gasteiger partial charge in [-0.2, -0.15) is 0 Å². The Balaban J connectivity index is 1.56. The molecule has 0 radical (unpaired) electrons. The normalized spacial score (nSPS) is 13.7. The molecule has 4 rings (SSSR count). The van der Waals surface area contributed by atoms with Crippen molar-refractivity contribution in [2.24, 2.45) is 0 Å². The fraction of sp³-hybridized carbons (Fsp3) is 0.346. The Morgan fingerprint density at radius 3 is 2.46 bits per heavy atom. The van der Waals surface area contributed by atoms with Crippen LogP contribution in [0.1, 0.15) is 33.5 Å². The number of rotatable bonds is 4. The van der Waals surface area contributed by atoms with Gasteiger partial charge in [0.1, 0.15) is 41.9 Å². The van der Waals surface area contributed by atoms with E-state index in [1.165, 1.54) is 25.1 Å². The summed E-state index contributed by atoms with van der Waals surface area (Å²) in [5.74, 6) is 1.09. The van der Waals surface area contributed by atoms with Gasteiger partial charge in [-0.05, 0) is 64.4 Å². The van der Waals surface area contributed by atoms with E-state index in [0.717, 1.165) is 0 Å². The third-order valence-electron chi connectivity index (χ3n) is 5.18. The second kappa shape index (κ2) is 9.32. The summed E-state index contributed by atoms with van der Waals surface area (Å²) in [6.07, 6.45) is -0.728. The number of esters is 1. The van der Waals surface area contributed by atoms with Crippen molar-refractivity contribution in [3.63, 3.8) is 0 Å². The summed E-state index contributed by atoms with van der Waals surface area (Å²) in [4.78, 5) is 37.6. The summed E-state index contributed by atoms with van der Waals surface area (Å²) in [6.45, 7) is 9.26. The van der Waals surface area contributed by atoms with Crippen LogP contribution in [0.25, 0.3) is 22.1 Å². The van der Waals surface area contributed by atoms with Crippen LogP contribution in [-0.4, -0.2) is 36.9 Å². The van der Waals surface area contributed by atoms with E-state index in [4.69, 9.17) is 23.4 Å². The Morgan fingerprint density at radius 2 is 1.74 bits per heavy atom. The first kappa shape index (κ1) is 24.1. The highest BCUT2D eigenvalue weighted by atomic mass is 16.6. The molecule has 184 valence electrons. The van der Waals surface area contributed by atoms with Gasteiger partial charge in [-0.25, -0.2) is 9.59 Å². The molecular formula is C26H27NO8. The van der Waals surface area contributed by atoms with E-state index in [0.29, 0.717) is 47.0 Å². The van der Waals surface area contributed by atoms with Crippen LogP contribution in [0.5, 0.6) is 17.2 Å². The second-order valence-corrected chi connectivity index (χ2v) is 9.17. The maximum absolute atomic E-state index is 13.3. The minimum atomic E-state index is -0.952. The van der Waals surface area contributed by atoms with Gasteiger partial charge in [-0.15, -0.1) is 0 Å². The molecule has 0 bridgehead atoms. The van der Waals surface area contributed by atoms with Crippen molar-refractivity contribution in [2.75, 3.05) is 13.2 Å². The molecule has 0 spiro atoms. The van der Waals surface area contributed by atoms with Crippen LogP contribution < -0.4 is 25.0 Å². The molecule has 0 aliphatic carbocycles. The standard InChI is InChI=1S/C26H27NO8/c1-14(27-25(30)35-26(3,4)5)24(29)34-17-7-8-18-20(13-17)33-15(2)22(23(18)28)16-6-9-19-21(12-16)32-11-10-31-19/h6-9,12-14H,10-11H2,1-5H3,(H,27,30). The lowest BCUT2D eigenvalue weighted by atomic mass is 10.0. The molecule has 0 saturated carbocycles.